The lowest BCUT2D eigenvalue weighted by Gasteiger charge is -2.40. The van der Waals surface area contributed by atoms with E-state index in [1.807, 2.05) is 42.8 Å². The van der Waals surface area contributed by atoms with Gasteiger partial charge in [0.15, 0.2) is 0 Å². The number of carbonyl (C=O) groups excluding carboxylic acids is 2. The number of nitrogens with one attached hydrogen (secondary N) is 1. The zero-order valence-electron chi connectivity index (χ0n) is 19.9. The van der Waals surface area contributed by atoms with Crippen LogP contribution in [0.5, 0.6) is 5.88 Å². The van der Waals surface area contributed by atoms with Gasteiger partial charge in [0, 0.05) is 51.2 Å². The lowest BCUT2D eigenvalue weighted by atomic mass is 9.97. The first-order chi connectivity index (χ1) is 15.7. The maximum absolute atomic E-state index is 12.7. The van der Waals surface area contributed by atoms with Crippen LogP contribution >= 0.6 is 0 Å². The minimum Gasteiger partial charge on any atom is -0.390 e. The van der Waals surface area contributed by atoms with E-state index in [1.54, 1.807) is 11.9 Å². The third-order valence-electron chi connectivity index (χ3n) is 6.91. The molecule has 33 heavy (non-hydrogen) atoms. The molecule has 2 saturated heterocycles. The van der Waals surface area contributed by atoms with Crippen molar-refractivity contribution < 1.29 is 19.4 Å². The van der Waals surface area contributed by atoms with Gasteiger partial charge in [0.05, 0.1) is 17.0 Å². The van der Waals surface area contributed by atoms with Crippen LogP contribution in [0.1, 0.15) is 52.5 Å². The Morgan fingerprint density at radius 1 is 1.24 bits per heavy atom. The Morgan fingerprint density at radius 2 is 1.91 bits per heavy atom. The zero-order chi connectivity index (χ0) is 23.7. The summed E-state index contributed by atoms with van der Waals surface area (Å²) < 4.78 is 7.50. The number of ether oxygens (including phenoxy) is 1. The molecule has 2 aliphatic rings. The van der Waals surface area contributed by atoms with Crippen LogP contribution in [0.2, 0.25) is 0 Å². The molecule has 0 radical (unpaired) electrons. The van der Waals surface area contributed by atoms with E-state index in [4.69, 9.17) is 4.74 Å². The Morgan fingerprint density at radius 3 is 2.55 bits per heavy atom. The van der Waals surface area contributed by atoms with Crippen molar-refractivity contribution in [1.82, 2.24) is 24.9 Å². The second-order valence-corrected chi connectivity index (χ2v) is 9.70. The molecule has 2 bridgehead atoms. The van der Waals surface area contributed by atoms with Crippen LogP contribution in [0.3, 0.4) is 0 Å². The van der Waals surface area contributed by atoms with Gasteiger partial charge in [-0.3, -0.25) is 14.4 Å². The number of rotatable bonds is 7. The highest BCUT2D eigenvalue weighted by Crippen LogP contribution is 2.36. The molecule has 2 aliphatic heterocycles. The van der Waals surface area contributed by atoms with Gasteiger partial charge >= 0.3 is 6.09 Å². The van der Waals surface area contributed by atoms with E-state index >= 15 is 0 Å². The van der Waals surface area contributed by atoms with Gasteiger partial charge in [0.2, 0.25) is 5.91 Å². The smallest absolute Gasteiger partial charge is 0.390 e. The van der Waals surface area contributed by atoms with Crippen molar-refractivity contribution >= 4 is 22.9 Å². The van der Waals surface area contributed by atoms with Gasteiger partial charge < -0.3 is 20.1 Å². The van der Waals surface area contributed by atoms with Gasteiger partial charge in [-0.15, -0.1) is 5.10 Å². The third-order valence-corrected chi connectivity index (χ3v) is 6.91. The van der Waals surface area contributed by atoms with Crippen molar-refractivity contribution in [2.75, 3.05) is 20.1 Å². The molecule has 9 nitrogen and oxygen atoms in total. The maximum atomic E-state index is 12.7. The van der Waals surface area contributed by atoms with Gasteiger partial charge in [-0.25, -0.2) is 4.79 Å². The number of aliphatic hydroxyl groups is 1. The Labute approximate surface area is 194 Å². The summed E-state index contributed by atoms with van der Waals surface area (Å²) in [6.45, 7) is 6.46. The first-order valence-electron chi connectivity index (χ1n) is 11.8. The van der Waals surface area contributed by atoms with E-state index in [9.17, 15) is 14.7 Å². The monoisotopic (exact) mass is 457 g/mol. The Hall–Kier alpha value is -2.65. The summed E-state index contributed by atoms with van der Waals surface area (Å²) in [4.78, 5) is 28.0. The van der Waals surface area contributed by atoms with E-state index in [0.29, 0.717) is 31.1 Å². The molecule has 2 aromatic rings. The summed E-state index contributed by atoms with van der Waals surface area (Å²) in [5, 5.41) is 18.8. The predicted molar refractivity (Wildman–Crippen MR) is 125 cm³/mol. The largest absolute Gasteiger partial charge is 0.414 e. The number of carbonyl (C=O) groups is 2. The van der Waals surface area contributed by atoms with Gasteiger partial charge in [0.25, 0.3) is 5.88 Å². The number of hydrogen-bond acceptors (Lipinski definition) is 6. The number of piperidine rings is 1. The third kappa shape index (κ3) is 5.14. The molecule has 2 amide bonds. The summed E-state index contributed by atoms with van der Waals surface area (Å²) in [5.41, 5.74) is 0.940. The van der Waals surface area contributed by atoms with Crippen molar-refractivity contribution in [3.8, 4) is 5.88 Å². The number of hydrogen-bond donors (Lipinski definition) is 2. The second-order valence-electron chi connectivity index (χ2n) is 9.70. The zero-order valence-corrected chi connectivity index (χ0v) is 19.9. The molecule has 2 fully saturated rings. The Kier molecular flexibility index (Phi) is 6.90. The summed E-state index contributed by atoms with van der Waals surface area (Å²) in [6.07, 6.45) is 2.69. The summed E-state index contributed by atoms with van der Waals surface area (Å²) in [7, 11) is 1.70. The molecule has 4 atom stereocenters. The second kappa shape index (κ2) is 9.69. The molecule has 1 aromatic carbocycles. The molecule has 0 spiro atoms. The summed E-state index contributed by atoms with van der Waals surface area (Å²) in [5.74, 6) is 0.277. The van der Waals surface area contributed by atoms with Crippen molar-refractivity contribution in [2.45, 2.75) is 76.7 Å². The lowest BCUT2D eigenvalue weighted by Crippen LogP contribution is -2.53. The van der Waals surface area contributed by atoms with E-state index in [2.05, 4.69) is 15.3 Å². The van der Waals surface area contributed by atoms with Crippen LogP contribution in [-0.2, 0) is 4.79 Å². The topological polar surface area (TPSA) is 99.9 Å². The molecule has 2 unspecified atom stereocenters. The minimum atomic E-state index is -0.583. The average Bonchev–Trinajstić information content (AvgIpc) is 3.21. The molecular weight excluding hydrogens is 422 g/mol. The Balaban J connectivity index is 1.34. The van der Waals surface area contributed by atoms with Crippen LogP contribution in [0, 0.1) is 0 Å². The van der Waals surface area contributed by atoms with Crippen LogP contribution < -0.4 is 10.1 Å². The SMILES string of the molecule is CC(=O)N(C)CC(O)CN1[C@@H]2CC[C@H]1CC(NC(=O)Oc1nn(C(C)C)c3ccccc13)C2. The number of amides is 2. The first kappa shape index (κ1) is 23.5. The van der Waals surface area contributed by atoms with Crippen LogP contribution in [0.4, 0.5) is 4.79 Å². The molecule has 180 valence electrons. The minimum absolute atomic E-state index is 0.0294. The fraction of sp³-hybridized carbons (Fsp3) is 0.625. The number of benzene rings is 1. The van der Waals surface area contributed by atoms with Crippen LogP contribution in [0.25, 0.3) is 10.9 Å². The van der Waals surface area contributed by atoms with Crippen molar-refractivity contribution in [3.05, 3.63) is 24.3 Å². The number of para-hydroxylation sites is 1. The predicted octanol–water partition coefficient (Wildman–Crippen LogP) is 2.54. The lowest BCUT2D eigenvalue weighted by molar-refractivity contribution is -0.129. The number of fused-ring (bicyclic) bond motifs is 3. The Bertz CT molecular complexity index is 992. The van der Waals surface area contributed by atoms with E-state index in [0.717, 1.165) is 36.6 Å². The van der Waals surface area contributed by atoms with E-state index in [-0.39, 0.29) is 18.0 Å². The molecule has 4 rings (SSSR count). The quantitative estimate of drug-likeness (QED) is 0.663. The fourth-order valence-corrected chi connectivity index (χ4v) is 5.25. The van der Waals surface area contributed by atoms with E-state index < -0.39 is 12.2 Å². The fourth-order valence-electron chi connectivity index (χ4n) is 5.25. The molecule has 3 heterocycles. The van der Waals surface area contributed by atoms with Crippen molar-refractivity contribution in [1.29, 1.82) is 0 Å². The molecule has 2 N–H and O–H groups in total. The van der Waals surface area contributed by atoms with Gasteiger partial charge in [0.1, 0.15) is 0 Å². The molecule has 0 saturated carbocycles. The highest BCUT2D eigenvalue weighted by Gasteiger charge is 2.42. The summed E-state index contributed by atoms with van der Waals surface area (Å²) in [6, 6.07) is 8.56. The average molecular weight is 458 g/mol. The number of likely N-dealkylation sites (N-methyl/N-ethyl adjacent to an activating group) is 1. The highest BCUT2D eigenvalue weighted by atomic mass is 16.6. The van der Waals surface area contributed by atoms with Crippen molar-refractivity contribution in [3.63, 3.8) is 0 Å². The number of aliphatic hydroxyl groups excluding tert-OH is 1. The standard InChI is InChI=1S/C24H35N5O4/c1-15(2)29-22-8-6-5-7-21(22)23(26-29)33-24(32)25-17-11-18-9-10-19(12-17)28(18)14-20(31)13-27(4)16(3)30/h5-8,15,17-20,31H,9-14H2,1-4H3,(H,25,32)/t17?,18-,19+,20?. The molecule has 9 heteroatoms. The normalized spacial score (nSPS) is 23.6. The molecule has 0 aliphatic carbocycles. The van der Waals surface area contributed by atoms with Crippen LogP contribution in [-0.4, -0.2) is 81.1 Å². The van der Waals surface area contributed by atoms with Crippen LogP contribution in [0.15, 0.2) is 24.3 Å². The number of aromatic nitrogens is 2. The maximum Gasteiger partial charge on any atom is 0.414 e. The highest BCUT2D eigenvalue weighted by molar-refractivity contribution is 5.87. The van der Waals surface area contributed by atoms with E-state index in [1.165, 1.54) is 6.92 Å². The van der Waals surface area contributed by atoms with Gasteiger partial charge in [-0.2, -0.15) is 0 Å². The molecule has 1 aromatic heterocycles. The number of nitrogens with zero attached hydrogens (tertiary/aromatic N) is 4. The van der Waals surface area contributed by atoms with Crippen molar-refractivity contribution in [2.24, 2.45) is 0 Å². The molecular formula is C24H35N5O4. The summed E-state index contributed by atoms with van der Waals surface area (Å²) >= 11 is 0. The van der Waals surface area contributed by atoms with Gasteiger partial charge in [-0.1, -0.05) is 12.1 Å². The first-order valence-corrected chi connectivity index (χ1v) is 11.8. The van der Waals surface area contributed by atoms with Gasteiger partial charge in [-0.05, 0) is 51.7 Å².